The van der Waals surface area contributed by atoms with Gasteiger partial charge in [0.05, 0.1) is 0 Å². The molecule has 0 atom stereocenters. The van der Waals surface area contributed by atoms with Crippen LogP contribution in [0.25, 0.3) is 5.57 Å². The van der Waals surface area contributed by atoms with E-state index in [0.29, 0.717) is 6.54 Å². The summed E-state index contributed by atoms with van der Waals surface area (Å²) in [6.45, 7) is 4.69. The number of anilines is 1. The molecule has 4 heteroatoms. The van der Waals surface area contributed by atoms with Crippen LogP contribution in [-0.2, 0) is 11.3 Å². The molecule has 0 aliphatic carbocycles. The number of amides is 1. The van der Waals surface area contributed by atoms with Crippen LogP contribution in [0.2, 0.25) is 0 Å². The fourth-order valence-corrected chi connectivity index (χ4v) is 3.41. The molecular weight excluding hydrogens is 339 g/mol. The largest absolute Gasteiger partial charge is 0.372 e. The van der Waals surface area contributed by atoms with Gasteiger partial charge in [0.2, 0.25) is 5.91 Å². The van der Waals surface area contributed by atoms with Gasteiger partial charge < -0.3 is 9.80 Å². The van der Waals surface area contributed by atoms with Gasteiger partial charge in [-0.25, -0.2) is 4.39 Å². The highest BCUT2D eigenvalue weighted by atomic mass is 19.1. The van der Waals surface area contributed by atoms with Gasteiger partial charge in [0.25, 0.3) is 0 Å². The van der Waals surface area contributed by atoms with Gasteiger partial charge in [-0.1, -0.05) is 24.3 Å². The Morgan fingerprint density at radius 2 is 1.67 bits per heavy atom. The topological polar surface area (TPSA) is 23.6 Å². The van der Waals surface area contributed by atoms with Crippen molar-refractivity contribution in [3.05, 3.63) is 71.6 Å². The normalized spacial score (nSPS) is 14.9. The van der Waals surface area contributed by atoms with Gasteiger partial charge in [-0.2, -0.15) is 0 Å². The van der Waals surface area contributed by atoms with Gasteiger partial charge in [0, 0.05) is 38.4 Å². The number of benzene rings is 2. The van der Waals surface area contributed by atoms with E-state index in [4.69, 9.17) is 0 Å². The Hall–Kier alpha value is -2.62. The van der Waals surface area contributed by atoms with Crippen LogP contribution in [0, 0.1) is 5.82 Å². The molecule has 0 spiro atoms. The van der Waals surface area contributed by atoms with E-state index in [2.05, 4.69) is 29.2 Å². The lowest BCUT2D eigenvalue weighted by Crippen LogP contribution is -2.29. The molecule has 0 aromatic heterocycles. The molecule has 0 unspecified atom stereocenters. The molecule has 2 aromatic rings. The minimum atomic E-state index is -0.275. The van der Waals surface area contributed by atoms with Crippen molar-refractivity contribution in [2.24, 2.45) is 0 Å². The van der Waals surface area contributed by atoms with Crippen LogP contribution in [0.3, 0.4) is 0 Å². The number of allylic oxidation sites excluding steroid dienone is 1. The lowest BCUT2D eigenvalue weighted by molar-refractivity contribution is -0.125. The van der Waals surface area contributed by atoms with E-state index < -0.39 is 0 Å². The lowest BCUT2D eigenvalue weighted by atomic mass is 10.1. The molecule has 0 bridgehead atoms. The molecule has 1 aliphatic rings. The third kappa shape index (κ3) is 5.19. The summed E-state index contributed by atoms with van der Waals surface area (Å²) >= 11 is 0. The molecular formula is C23H27FN2O. The molecule has 1 aliphatic heterocycles. The van der Waals surface area contributed by atoms with Crippen molar-refractivity contribution < 1.29 is 9.18 Å². The average Bonchev–Trinajstić information content (AvgIpc) is 2.69. The van der Waals surface area contributed by atoms with Crippen LogP contribution >= 0.6 is 0 Å². The lowest BCUT2D eigenvalue weighted by Gasteiger charge is -2.29. The van der Waals surface area contributed by atoms with Crippen LogP contribution in [0.15, 0.2) is 54.6 Å². The first-order valence-electron chi connectivity index (χ1n) is 9.56. The predicted octanol–water partition coefficient (Wildman–Crippen LogP) is 4.88. The first kappa shape index (κ1) is 19.2. The number of carbonyl (C=O) groups is 1. The Labute approximate surface area is 161 Å². The second-order valence-electron chi connectivity index (χ2n) is 7.24. The molecule has 1 amide bonds. The number of piperidine rings is 1. The molecule has 142 valence electrons. The first-order chi connectivity index (χ1) is 13.0. The maximum atomic E-state index is 13.0. The predicted molar refractivity (Wildman–Crippen MR) is 109 cm³/mol. The Morgan fingerprint density at radius 3 is 2.30 bits per heavy atom. The Kier molecular flexibility index (Phi) is 6.28. The fourth-order valence-electron chi connectivity index (χ4n) is 3.41. The van der Waals surface area contributed by atoms with E-state index in [0.717, 1.165) is 29.8 Å². The monoisotopic (exact) mass is 366 g/mol. The molecule has 3 nitrogen and oxygen atoms in total. The molecule has 0 radical (unpaired) electrons. The molecule has 1 fully saturated rings. The molecule has 0 saturated carbocycles. The summed E-state index contributed by atoms with van der Waals surface area (Å²) in [6, 6.07) is 14.7. The quantitative estimate of drug-likeness (QED) is 0.704. The Balaban J connectivity index is 1.60. The van der Waals surface area contributed by atoms with Crippen molar-refractivity contribution in [2.45, 2.75) is 32.7 Å². The number of hydrogen-bond donors (Lipinski definition) is 0. The summed E-state index contributed by atoms with van der Waals surface area (Å²) in [7, 11) is 1.80. The average molecular weight is 366 g/mol. The smallest absolute Gasteiger partial charge is 0.246 e. The highest BCUT2D eigenvalue weighted by Gasteiger charge is 2.12. The summed E-state index contributed by atoms with van der Waals surface area (Å²) in [5.41, 5.74) is 4.05. The number of nitrogens with zero attached hydrogens (tertiary/aromatic N) is 2. The van der Waals surface area contributed by atoms with Gasteiger partial charge >= 0.3 is 0 Å². The molecule has 2 aromatic carbocycles. The van der Waals surface area contributed by atoms with Gasteiger partial charge in [-0.05, 0) is 67.2 Å². The summed E-state index contributed by atoms with van der Waals surface area (Å²) in [5.74, 6) is -0.333. The van der Waals surface area contributed by atoms with Crippen molar-refractivity contribution >= 4 is 17.2 Å². The maximum absolute atomic E-state index is 13.0. The van der Waals surface area contributed by atoms with Crippen molar-refractivity contribution in [1.82, 2.24) is 4.90 Å². The van der Waals surface area contributed by atoms with E-state index >= 15 is 0 Å². The molecule has 0 N–H and O–H groups in total. The third-order valence-corrected chi connectivity index (χ3v) is 5.09. The van der Waals surface area contributed by atoms with Crippen LogP contribution in [0.1, 0.15) is 37.3 Å². The fraction of sp³-hybridized carbons (Fsp3) is 0.348. The number of hydrogen-bond acceptors (Lipinski definition) is 2. The van der Waals surface area contributed by atoms with Gasteiger partial charge in [0.1, 0.15) is 5.82 Å². The zero-order valence-corrected chi connectivity index (χ0v) is 16.1. The van der Waals surface area contributed by atoms with Crippen molar-refractivity contribution in [1.29, 1.82) is 0 Å². The van der Waals surface area contributed by atoms with Crippen LogP contribution < -0.4 is 4.90 Å². The molecule has 1 heterocycles. The summed E-state index contributed by atoms with van der Waals surface area (Å²) in [5, 5.41) is 0. The zero-order valence-electron chi connectivity index (χ0n) is 16.1. The van der Waals surface area contributed by atoms with Crippen LogP contribution in [0.4, 0.5) is 10.1 Å². The molecule has 27 heavy (non-hydrogen) atoms. The molecule has 1 saturated heterocycles. The maximum Gasteiger partial charge on any atom is 0.246 e. The van der Waals surface area contributed by atoms with Crippen LogP contribution in [0.5, 0.6) is 0 Å². The minimum absolute atomic E-state index is 0.0584. The summed E-state index contributed by atoms with van der Waals surface area (Å²) < 4.78 is 13.0. The second kappa shape index (κ2) is 8.85. The van der Waals surface area contributed by atoms with E-state index in [9.17, 15) is 9.18 Å². The van der Waals surface area contributed by atoms with Crippen LogP contribution in [-0.4, -0.2) is 30.9 Å². The summed E-state index contributed by atoms with van der Waals surface area (Å²) in [6.07, 6.45) is 5.46. The van der Waals surface area contributed by atoms with Crippen molar-refractivity contribution in [2.75, 3.05) is 25.0 Å². The Morgan fingerprint density at radius 1 is 1.04 bits per heavy atom. The van der Waals surface area contributed by atoms with Crippen molar-refractivity contribution in [3.63, 3.8) is 0 Å². The van der Waals surface area contributed by atoms with E-state index in [1.165, 1.54) is 37.1 Å². The second-order valence-corrected chi connectivity index (χ2v) is 7.24. The van der Waals surface area contributed by atoms with Gasteiger partial charge in [-0.15, -0.1) is 0 Å². The van der Waals surface area contributed by atoms with E-state index in [-0.39, 0.29) is 11.7 Å². The number of halogens is 1. The highest BCUT2D eigenvalue weighted by Crippen LogP contribution is 2.21. The first-order valence-corrected chi connectivity index (χ1v) is 9.56. The molecule has 3 rings (SSSR count). The van der Waals surface area contributed by atoms with Gasteiger partial charge in [0.15, 0.2) is 0 Å². The summed E-state index contributed by atoms with van der Waals surface area (Å²) in [4.78, 5) is 16.6. The van der Waals surface area contributed by atoms with E-state index in [1.807, 2.05) is 6.92 Å². The zero-order chi connectivity index (χ0) is 19.2. The van der Waals surface area contributed by atoms with E-state index in [1.54, 1.807) is 30.2 Å². The Bertz CT molecular complexity index is 790. The number of rotatable bonds is 5. The van der Waals surface area contributed by atoms with Gasteiger partial charge in [-0.3, -0.25) is 4.79 Å². The standard InChI is InChI=1S/C23H27FN2O/c1-18(20-8-10-21(24)11-9-20)16-23(27)25(2)17-19-6-12-22(13-7-19)26-14-4-3-5-15-26/h6-13,16H,3-5,14-15,17H2,1-2H3/b18-16+. The van der Waals surface area contributed by atoms with Crippen molar-refractivity contribution in [3.8, 4) is 0 Å². The third-order valence-electron chi connectivity index (χ3n) is 5.09. The number of carbonyl (C=O) groups excluding carboxylic acids is 1. The number of likely N-dealkylation sites (N-methyl/N-ethyl adjacent to an activating group) is 1. The minimum Gasteiger partial charge on any atom is -0.372 e. The SMILES string of the molecule is C/C(=C\C(=O)N(C)Cc1ccc(N2CCCCC2)cc1)c1ccc(F)cc1. The highest BCUT2D eigenvalue weighted by molar-refractivity contribution is 5.94.